The molecule has 1 aliphatic rings. The molecule has 0 aromatic rings. The Kier molecular flexibility index (Phi) is 4.66. The molecule has 0 aromatic heterocycles. The number of hydrogen-bond acceptors (Lipinski definition) is 3. The maximum absolute atomic E-state index is 11.0. The van der Waals surface area contributed by atoms with Gasteiger partial charge in [0.1, 0.15) is 0 Å². The van der Waals surface area contributed by atoms with E-state index in [4.69, 9.17) is 4.74 Å². The minimum Gasteiger partial charge on any atom is -0.463 e. The molecule has 0 amide bonds. The monoisotopic (exact) mass is 197 g/mol. The van der Waals surface area contributed by atoms with E-state index in [-0.39, 0.29) is 5.97 Å². The molecule has 0 bridgehead atoms. The van der Waals surface area contributed by atoms with Crippen molar-refractivity contribution in [3.8, 4) is 0 Å². The van der Waals surface area contributed by atoms with Crippen LogP contribution in [0.25, 0.3) is 0 Å². The highest BCUT2D eigenvalue weighted by molar-refractivity contribution is 5.81. The zero-order chi connectivity index (χ0) is 10.4. The zero-order valence-electron chi connectivity index (χ0n) is 9.03. The maximum Gasteiger partial charge on any atom is 0.330 e. The van der Waals surface area contributed by atoms with Gasteiger partial charge in [-0.25, -0.2) is 4.79 Å². The van der Waals surface area contributed by atoms with E-state index in [9.17, 15) is 4.79 Å². The molecular weight excluding hydrogens is 178 g/mol. The van der Waals surface area contributed by atoms with E-state index in [1.54, 1.807) is 0 Å². The van der Waals surface area contributed by atoms with Crippen molar-refractivity contribution >= 4 is 5.97 Å². The van der Waals surface area contributed by atoms with Crippen LogP contribution in [-0.2, 0) is 9.53 Å². The first-order chi connectivity index (χ1) is 6.74. The van der Waals surface area contributed by atoms with Crippen LogP contribution in [0.1, 0.15) is 26.7 Å². The van der Waals surface area contributed by atoms with Crippen LogP contribution in [-0.4, -0.2) is 36.6 Å². The second kappa shape index (κ2) is 5.81. The first-order valence-corrected chi connectivity index (χ1v) is 5.33. The number of likely N-dealkylation sites (tertiary alicyclic amines) is 1. The van der Waals surface area contributed by atoms with E-state index >= 15 is 0 Å². The molecule has 0 N–H and O–H groups in total. The molecule has 14 heavy (non-hydrogen) atoms. The highest BCUT2D eigenvalue weighted by atomic mass is 16.5. The smallest absolute Gasteiger partial charge is 0.330 e. The van der Waals surface area contributed by atoms with Gasteiger partial charge in [-0.05, 0) is 39.8 Å². The molecule has 1 atom stereocenters. The summed E-state index contributed by atoms with van der Waals surface area (Å²) in [6.07, 6.45) is 6.00. The van der Waals surface area contributed by atoms with Gasteiger partial charge in [0.25, 0.3) is 0 Å². The zero-order valence-corrected chi connectivity index (χ0v) is 9.03. The highest BCUT2D eigenvalue weighted by Gasteiger charge is 2.15. The summed E-state index contributed by atoms with van der Waals surface area (Å²) in [5, 5.41) is 0. The number of hydrogen-bond donors (Lipinski definition) is 0. The number of nitrogens with zero attached hydrogens (tertiary/aromatic N) is 1. The number of esters is 1. The van der Waals surface area contributed by atoms with Crippen LogP contribution in [0.4, 0.5) is 0 Å². The van der Waals surface area contributed by atoms with Gasteiger partial charge in [-0.2, -0.15) is 0 Å². The summed E-state index contributed by atoms with van der Waals surface area (Å²) in [5.74, 6) is -0.237. The number of rotatable bonds is 4. The van der Waals surface area contributed by atoms with Gasteiger partial charge in [0.05, 0.1) is 6.61 Å². The Labute approximate surface area is 85.7 Å². The third-order valence-electron chi connectivity index (χ3n) is 2.51. The lowest BCUT2D eigenvalue weighted by molar-refractivity contribution is -0.137. The third-order valence-corrected chi connectivity index (χ3v) is 2.51. The first kappa shape index (κ1) is 11.2. The molecule has 1 heterocycles. The molecule has 0 spiro atoms. The Balaban J connectivity index is 2.30. The van der Waals surface area contributed by atoms with Gasteiger partial charge in [0, 0.05) is 12.1 Å². The Bertz CT molecular complexity index is 207. The first-order valence-electron chi connectivity index (χ1n) is 5.33. The fraction of sp³-hybridized carbons (Fsp3) is 0.727. The van der Waals surface area contributed by atoms with Gasteiger partial charge in [0.2, 0.25) is 0 Å². The molecule has 1 aliphatic heterocycles. The summed E-state index contributed by atoms with van der Waals surface area (Å²) in [4.78, 5) is 13.4. The van der Waals surface area contributed by atoms with E-state index in [2.05, 4.69) is 11.8 Å². The van der Waals surface area contributed by atoms with Crippen LogP contribution in [0.5, 0.6) is 0 Å². The predicted molar refractivity (Wildman–Crippen MR) is 56.0 cm³/mol. The number of carbonyl (C=O) groups is 1. The third kappa shape index (κ3) is 3.50. The van der Waals surface area contributed by atoms with Crippen molar-refractivity contribution in [3.05, 3.63) is 12.2 Å². The molecule has 0 radical (unpaired) electrons. The van der Waals surface area contributed by atoms with Crippen molar-refractivity contribution in [2.75, 3.05) is 19.7 Å². The average Bonchev–Trinajstić information content (AvgIpc) is 2.67. The van der Waals surface area contributed by atoms with Crippen molar-refractivity contribution in [1.29, 1.82) is 0 Å². The summed E-state index contributed by atoms with van der Waals surface area (Å²) in [6.45, 7) is 6.67. The van der Waals surface area contributed by atoms with Gasteiger partial charge >= 0.3 is 5.97 Å². The molecule has 0 aliphatic carbocycles. The van der Waals surface area contributed by atoms with E-state index < -0.39 is 0 Å². The van der Waals surface area contributed by atoms with Crippen LogP contribution >= 0.6 is 0 Å². The van der Waals surface area contributed by atoms with Crippen molar-refractivity contribution in [2.45, 2.75) is 32.7 Å². The molecule has 0 unspecified atom stereocenters. The topological polar surface area (TPSA) is 29.5 Å². The summed E-state index contributed by atoms with van der Waals surface area (Å²) in [5.41, 5.74) is 0. The number of ether oxygens (including phenoxy) is 1. The Morgan fingerprint density at radius 1 is 1.50 bits per heavy atom. The van der Waals surface area contributed by atoms with Crippen LogP contribution < -0.4 is 0 Å². The van der Waals surface area contributed by atoms with Crippen LogP contribution in [0.15, 0.2) is 12.2 Å². The minimum absolute atomic E-state index is 0.237. The maximum atomic E-state index is 11.0. The summed E-state index contributed by atoms with van der Waals surface area (Å²) >= 11 is 0. The molecule has 3 nitrogen and oxygen atoms in total. The fourth-order valence-electron chi connectivity index (χ4n) is 1.68. The van der Waals surface area contributed by atoms with Crippen LogP contribution in [0, 0.1) is 0 Å². The van der Waals surface area contributed by atoms with Gasteiger partial charge in [-0.3, -0.25) is 4.90 Å². The lowest BCUT2D eigenvalue weighted by atomic mass is 10.2. The van der Waals surface area contributed by atoms with E-state index in [0.717, 1.165) is 13.1 Å². The fourth-order valence-corrected chi connectivity index (χ4v) is 1.68. The second-order valence-electron chi connectivity index (χ2n) is 3.59. The molecule has 0 aromatic carbocycles. The Hall–Kier alpha value is -0.830. The van der Waals surface area contributed by atoms with Crippen molar-refractivity contribution in [3.63, 3.8) is 0 Å². The average molecular weight is 197 g/mol. The van der Waals surface area contributed by atoms with Crippen LogP contribution in [0.2, 0.25) is 0 Å². The van der Waals surface area contributed by atoms with E-state index in [1.807, 2.05) is 13.0 Å². The molecular formula is C11H19NO2. The molecule has 1 fully saturated rings. The normalized spacial score (nSPS) is 20.1. The Morgan fingerprint density at radius 3 is 2.71 bits per heavy atom. The van der Waals surface area contributed by atoms with Gasteiger partial charge in [-0.15, -0.1) is 0 Å². The quantitative estimate of drug-likeness (QED) is 0.506. The molecule has 3 heteroatoms. The molecule has 1 saturated heterocycles. The summed E-state index contributed by atoms with van der Waals surface area (Å²) < 4.78 is 4.81. The van der Waals surface area contributed by atoms with Crippen molar-refractivity contribution in [1.82, 2.24) is 4.90 Å². The van der Waals surface area contributed by atoms with Crippen molar-refractivity contribution < 1.29 is 9.53 Å². The molecule has 80 valence electrons. The van der Waals surface area contributed by atoms with Gasteiger partial charge in [-0.1, -0.05) is 6.08 Å². The van der Waals surface area contributed by atoms with Gasteiger partial charge in [0.15, 0.2) is 0 Å². The van der Waals surface area contributed by atoms with E-state index in [0.29, 0.717) is 12.6 Å². The number of carbonyl (C=O) groups excluding carboxylic acids is 1. The van der Waals surface area contributed by atoms with E-state index in [1.165, 1.54) is 18.9 Å². The lowest BCUT2D eigenvalue weighted by Gasteiger charge is -2.19. The molecule has 1 rings (SSSR count). The highest BCUT2D eigenvalue weighted by Crippen LogP contribution is 2.11. The largest absolute Gasteiger partial charge is 0.463 e. The predicted octanol–water partition coefficient (Wildman–Crippen LogP) is 1.59. The summed E-state index contributed by atoms with van der Waals surface area (Å²) in [7, 11) is 0. The standard InChI is InChI=1S/C11H19NO2/c1-3-14-11(13)7-6-10(2)12-8-4-5-9-12/h6-7,10H,3-5,8-9H2,1-2H3/b7-6+/t10-/m1/s1. The van der Waals surface area contributed by atoms with Crippen molar-refractivity contribution in [2.24, 2.45) is 0 Å². The minimum atomic E-state index is -0.237. The Morgan fingerprint density at radius 2 is 2.14 bits per heavy atom. The molecule has 0 saturated carbocycles. The van der Waals surface area contributed by atoms with Crippen LogP contribution in [0.3, 0.4) is 0 Å². The SMILES string of the molecule is CCOC(=O)/C=C/[C@@H](C)N1CCCC1. The van der Waals surface area contributed by atoms with Gasteiger partial charge < -0.3 is 4.74 Å². The second-order valence-corrected chi connectivity index (χ2v) is 3.59. The summed E-state index contributed by atoms with van der Waals surface area (Å²) in [6, 6.07) is 0.349. The lowest BCUT2D eigenvalue weighted by Crippen LogP contribution is -2.28.